The Bertz CT molecular complexity index is 1310. The SMILES string of the molecule is Cc1ccc2nc(/C(C#N)=C\c3cc4ccccc4nc3N3CCOCC3)[nH]c2c1. The lowest BCUT2D eigenvalue weighted by molar-refractivity contribution is 0.122. The second-order valence-corrected chi connectivity index (χ2v) is 7.47. The van der Waals surface area contributed by atoms with Gasteiger partial charge in [0.05, 0.1) is 35.3 Å². The number of fused-ring (bicyclic) bond motifs is 2. The maximum absolute atomic E-state index is 9.90. The zero-order valence-electron chi connectivity index (χ0n) is 16.7. The molecular weight excluding hydrogens is 374 g/mol. The molecule has 0 atom stereocenters. The van der Waals surface area contributed by atoms with Crippen molar-refractivity contribution < 1.29 is 4.74 Å². The summed E-state index contributed by atoms with van der Waals surface area (Å²) in [5.74, 6) is 1.44. The van der Waals surface area contributed by atoms with E-state index in [9.17, 15) is 5.26 Å². The third-order valence-electron chi connectivity index (χ3n) is 5.36. The highest BCUT2D eigenvalue weighted by Gasteiger charge is 2.18. The van der Waals surface area contributed by atoms with Crippen LogP contribution in [0.3, 0.4) is 0 Å². The number of pyridine rings is 1. The van der Waals surface area contributed by atoms with Crippen LogP contribution in [-0.4, -0.2) is 41.3 Å². The summed E-state index contributed by atoms with van der Waals surface area (Å²) in [5, 5.41) is 10.9. The number of imidazole rings is 1. The third kappa shape index (κ3) is 3.40. The fourth-order valence-electron chi connectivity index (χ4n) is 3.82. The van der Waals surface area contributed by atoms with Crippen LogP contribution in [-0.2, 0) is 4.74 Å². The summed E-state index contributed by atoms with van der Waals surface area (Å²) in [7, 11) is 0. The highest BCUT2D eigenvalue weighted by Crippen LogP contribution is 2.28. The maximum Gasteiger partial charge on any atom is 0.149 e. The van der Waals surface area contributed by atoms with Crippen molar-refractivity contribution in [2.24, 2.45) is 0 Å². The molecule has 1 aliphatic rings. The number of anilines is 1. The van der Waals surface area contributed by atoms with Crippen LogP contribution >= 0.6 is 0 Å². The Morgan fingerprint density at radius 3 is 2.77 bits per heavy atom. The summed E-state index contributed by atoms with van der Waals surface area (Å²) in [6.45, 7) is 4.93. The van der Waals surface area contributed by atoms with E-state index < -0.39 is 0 Å². The molecule has 5 rings (SSSR count). The molecule has 2 aromatic heterocycles. The monoisotopic (exact) mass is 395 g/mol. The number of rotatable bonds is 3. The molecule has 3 heterocycles. The Hall–Kier alpha value is -3.69. The molecule has 1 aliphatic heterocycles. The molecule has 0 unspecified atom stereocenters. The number of allylic oxidation sites excluding steroid dienone is 1. The largest absolute Gasteiger partial charge is 0.378 e. The number of H-pyrrole nitrogens is 1. The molecule has 0 spiro atoms. The van der Waals surface area contributed by atoms with E-state index in [-0.39, 0.29) is 0 Å². The zero-order valence-corrected chi connectivity index (χ0v) is 16.7. The van der Waals surface area contributed by atoms with Gasteiger partial charge in [-0.05, 0) is 42.8 Å². The van der Waals surface area contributed by atoms with Crippen molar-refractivity contribution in [1.29, 1.82) is 5.26 Å². The molecule has 6 heteroatoms. The van der Waals surface area contributed by atoms with Crippen molar-refractivity contribution in [1.82, 2.24) is 15.0 Å². The van der Waals surface area contributed by atoms with Gasteiger partial charge in [0, 0.05) is 24.0 Å². The van der Waals surface area contributed by atoms with Gasteiger partial charge in [-0.25, -0.2) is 9.97 Å². The Kier molecular flexibility index (Phi) is 4.66. The van der Waals surface area contributed by atoms with Crippen molar-refractivity contribution in [2.45, 2.75) is 6.92 Å². The van der Waals surface area contributed by atoms with Gasteiger partial charge >= 0.3 is 0 Å². The Morgan fingerprint density at radius 1 is 1.10 bits per heavy atom. The Labute approximate surface area is 174 Å². The molecule has 1 fully saturated rings. The van der Waals surface area contributed by atoms with Crippen LogP contribution < -0.4 is 4.90 Å². The van der Waals surface area contributed by atoms with Crippen LogP contribution in [0.15, 0.2) is 48.5 Å². The Balaban J connectivity index is 1.65. The van der Waals surface area contributed by atoms with Gasteiger partial charge in [0.25, 0.3) is 0 Å². The van der Waals surface area contributed by atoms with Gasteiger partial charge in [-0.15, -0.1) is 0 Å². The number of para-hydroxylation sites is 1. The summed E-state index contributed by atoms with van der Waals surface area (Å²) in [5.41, 5.74) is 5.25. The molecule has 1 saturated heterocycles. The predicted molar refractivity (Wildman–Crippen MR) is 119 cm³/mol. The normalized spacial score (nSPS) is 14.9. The van der Waals surface area contributed by atoms with Gasteiger partial charge in [0.2, 0.25) is 0 Å². The number of hydrogen-bond acceptors (Lipinski definition) is 5. The van der Waals surface area contributed by atoms with Crippen molar-refractivity contribution in [3.05, 3.63) is 65.5 Å². The van der Waals surface area contributed by atoms with E-state index in [2.05, 4.69) is 27.0 Å². The van der Waals surface area contributed by atoms with Crippen LogP contribution in [0.4, 0.5) is 5.82 Å². The minimum atomic E-state index is 0.482. The molecule has 148 valence electrons. The molecule has 0 radical (unpaired) electrons. The van der Waals surface area contributed by atoms with Crippen molar-refractivity contribution in [3.8, 4) is 6.07 Å². The van der Waals surface area contributed by atoms with E-state index in [4.69, 9.17) is 9.72 Å². The number of nitrogens with zero attached hydrogens (tertiary/aromatic N) is 4. The summed E-state index contributed by atoms with van der Waals surface area (Å²) in [6, 6.07) is 18.5. The van der Waals surface area contributed by atoms with E-state index in [1.165, 1.54) is 0 Å². The molecule has 6 nitrogen and oxygen atoms in total. The fraction of sp³-hybridized carbons (Fsp3) is 0.208. The summed E-state index contributed by atoms with van der Waals surface area (Å²) < 4.78 is 5.51. The number of nitrogens with one attached hydrogen (secondary N) is 1. The molecule has 4 aromatic rings. The van der Waals surface area contributed by atoms with E-state index in [0.717, 1.165) is 52.0 Å². The van der Waals surface area contributed by atoms with Crippen LogP contribution in [0.5, 0.6) is 0 Å². The maximum atomic E-state index is 9.90. The molecule has 30 heavy (non-hydrogen) atoms. The number of nitriles is 1. The fourth-order valence-corrected chi connectivity index (χ4v) is 3.82. The van der Waals surface area contributed by atoms with Gasteiger partial charge in [-0.1, -0.05) is 24.3 Å². The molecular formula is C24H21N5O. The van der Waals surface area contributed by atoms with Crippen LogP contribution in [0.2, 0.25) is 0 Å². The number of aromatic amines is 1. The smallest absolute Gasteiger partial charge is 0.149 e. The average Bonchev–Trinajstić information content (AvgIpc) is 3.20. The second-order valence-electron chi connectivity index (χ2n) is 7.47. The first kappa shape index (κ1) is 18.3. The van der Waals surface area contributed by atoms with Gasteiger partial charge < -0.3 is 14.6 Å². The quantitative estimate of drug-likeness (QED) is 0.523. The third-order valence-corrected chi connectivity index (χ3v) is 5.36. The van der Waals surface area contributed by atoms with Crippen LogP contribution in [0.1, 0.15) is 17.0 Å². The van der Waals surface area contributed by atoms with Crippen LogP contribution in [0.25, 0.3) is 33.6 Å². The molecule has 1 N–H and O–H groups in total. The van der Waals surface area contributed by atoms with Crippen LogP contribution in [0, 0.1) is 18.3 Å². The van der Waals surface area contributed by atoms with Gasteiger partial charge in [0.1, 0.15) is 17.7 Å². The van der Waals surface area contributed by atoms with E-state index in [1.807, 2.05) is 55.5 Å². The van der Waals surface area contributed by atoms with Gasteiger partial charge in [-0.3, -0.25) is 0 Å². The number of aryl methyl sites for hydroxylation is 1. The first-order chi connectivity index (χ1) is 14.7. The molecule has 0 aliphatic carbocycles. The summed E-state index contributed by atoms with van der Waals surface area (Å²) in [6.07, 6.45) is 1.88. The minimum absolute atomic E-state index is 0.482. The lowest BCUT2D eigenvalue weighted by Gasteiger charge is -2.29. The lowest BCUT2D eigenvalue weighted by Crippen LogP contribution is -2.37. The first-order valence-corrected chi connectivity index (χ1v) is 10.0. The molecule has 0 saturated carbocycles. The number of ether oxygens (including phenoxy) is 1. The molecule has 0 amide bonds. The average molecular weight is 395 g/mol. The standard InChI is InChI=1S/C24H21N5O/c1-16-6-7-21-22(12-16)27-23(26-21)19(15-25)14-18-13-17-4-2-3-5-20(17)28-24(18)29-8-10-30-11-9-29/h2-7,12-14H,8-11H2,1H3,(H,26,27)/b19-14-. The minimum Gasteiger partial charge on any atom is -0.378 e. The topological polar surface area (TPSA) is 77.8 Å². The Morgan fingerprint density at radius 2 is 1.93 bits per heavy atom. The van der Waals surface area contributed by atoms with Gasteiger partial charge in [-0.2, -0.15) is 5.26 Å². The molecule has 0 bridgehead atoms. The second kappa shape index (κ2) is 7.62. The van der Waals surface area contributed by atoms with Gasteiger partial charge in [0.15, 0.2) is 0 Å². The first-order valence-electron chi connectivity index (χ1n) is 10.0. The zero-order chi connectivity index (χ0) is 20.5. The summed E-state index contributed by atoms with van der Waals surface area (Å²) >= 11 is 0. The van der Waals surface area contributed by atoms with Crippen molar-refractivity contribution in [2.75, 3.05) is 31.2 Å². The molecule has 2 aromatic carbocycles. The number of hydrogen-bond donors (Lipinski definition) is 1. The highest BCUT2D eigenvalue weighted by molar-refractivity contribution is 5.94. The van der Waals surface area contributed by atoms with E-state index >= 15 is 0 Å². The van der Waals surface area contributed by atoms with E-state index in [1.54, 1.807) is 0 Å². The lowest BCUT2D eigenvalue weighted by atomic mass is 10.1. The highest BCUT2D eigenvalue weighted by atomic mass is 16.5. The van der Waals surface area contributed by atoms with E-state index in [0.29, 0.717) is 24.6 Å². The number of benzene rings is 2. The number of morpholine rings is 1. The predicted octanol–water partition coefficient (Wildman–Crippen LogP) is 4.32. The van der Waals surface area contributed by atoms with Crippen molar-refractivity contribution >= 4 is 39.4 Å². The van der Waals surface area contributed by atoms with Crippen molar-refractivity contribution in [3.63, 3.8) is 0 Å². The number of aromatic nitrogens is 3. The summed E-state index contributed by atoms with van der Waals surface area (Å²) in [4.78, 5) is 15.1.